The number of tetrazole rings is 1. The largest absolute Gasteiger partial charge is 0.491 e. The summed E-state index contributed by atoms with van der Waals surface area (Å²) >= 11 is 0. The summed E-state index contributed by atoms with van der Waals surface area (Å²) in [5.74, 6) is 0.777. The van der Waals surface area contributed by atoms with Gasteiger partial charge in [-0.2, -0.15) is 0 Å². The Morgan fingerprint density at radius 2 is 1.89 bits per heavy atom. The quantitative estimate of drug-likeness (QED) is 0.612. The van der Waals surface area contributed by atoms with Crippen LogP contribution in [0.4, 0.5) is 0 Å². The summed E-state index contributed by atoms with van der Waals surface area (Å²) < 4.78 is 7.31. The zero-order chi connectivity index (χ0) is 19.1. The zero-order valence-corrected chi connectivity index (χ0v) is 15.5. The first-order valence-electron chi connectivity index (χ1n) is 8.85. The monoisotopic (exact) mass is 365 g/mol. The number of rotatable bonds is 8. The van der Waals surface area contributed by atoms with Crippen LogP contribution in [-0.4, -0.2) is 51.2 Å². The number of aromatic nitrogens is 4. The Hall–Kier alpha value is -3.22. The molecule has 140 valence electrons. The van der Waals surface area contributed by atoms with Gasteiger partial charge in [0.2, 0.25) is 5.91 Å². The van der Waals surface area contributed by atoms with Crippen molar-refractivity contribution in [3.05, 3.63) is 72.1 Å². The van der Waals surface area contributed by atoms with Crippen molar-refractivity contribution in [2.75, 3.05) is 20.2 Å². The molecule has 0 unspecified atom stereocenters. The van der Waals surface area contributed by atoms with Crippen molar-refractivity contribution < 1.29 is 9.53 Å². The molecule has 7 heteroatoms. The smallest absolute Gasteiger partial charge is 0.247 e. The second kappa shape index (κ2) is 8.93. The van der Waals surface area contributed by atoms with Crippen molar-refractivity contribution in [3.63, 3.8) is 0 Å². The summed E-state index contributed by atoms with van der Waals surface area (Å²) in [5, 5.41) is 11.3. The van der Waals surface area contributed by atoms with Gasteiger partial charge in [-0.15, -0.1) is 5.10 Å². The predicted molar refractivity (Wildman–Crippen MR) is 101 cm³/mol. The normalized spacial score (nSPS) is 11.8. The maximum Gasteiger partial charge on any atom is 0.247 e. The first-order chi connectivity index (χ1) is 13.1. The van der Waals surface area contributed by atoms with E-state index in [0.717, 1.165) is 16.9 Å². The van der Waals surface area contributed by atoms with Crippen LogP contribution in [0.1, 0.15) is 17.2 Å². The van der Waals surface area contributed by atoms with Crippen molar-refractivity contribution in [1.29, 1.82) is 0 Å². The number of carbonyl (C=O) groups is 1. The topological polar surface area (TPSA) is 73.1 Å². The number of hydrogen-bond acceptors (Lipinski definition) is 5. The molecular weight excluding hydrogens is 342 g/mol. The first kappa shape index (κ1) is 18.6. The minimum atomic E-state index is -0.495. The number of hydrogen-bond donors (Lipinski definition) is 0. The minimum Gasteiger partial charge on any atom is -0.491 e. The van der Waals surface area contributed by atoms with E-state index in [4.69, 9.17) is 4.74 Å². The average Bonchev–Trinajstić information content (AvgIpc) is 3.22. The highest BCUT2D eigenvalue weighted by Crippen LogP contribution is 2.17. The van der Waals surface area contributed by atoms with Crippen LogP contribution in [0.5, 0.6) is 5.75 Å². The number of likely N-dealkylation sites (N-methyl/N-ethyl adjacent to an activating group) is 1. The summed E-state index contributed by atoms with van der Waals surface area (Å²) in [6.45, 7) is 2.89. The molecule has 27 heavy (non-hydrogen) atoms. The Kier molecular flexibility index (Phi) is 6.14. The highest BCUT2D eigenvalue weighted by molar-refractivity contribution is 5.80. The van der Waals surface area contributed by atoms with E-state index in [1.54, 1.807) is 11.9 Å². The van der Waals surface area contributed by atoms with E-state index in [9.17, 15) is 4.79 Å². The SMILES string of the molecule is Cc1ccccc1OCCN(C)C(=O)[C@@H](Cc1ccccc1)n1cnnn1. The number of carbonyl (C=O) groups excluding carboxylic acids is 1. The molecule has 2 aromatic carbocycles. The predicted octanol–water partition coefficient (Wildman–Crippen LogP) is 2.30. The van der Waals surface area contributed by atoms with Gasteiger partial charge < -0.3 is 9.64 Å². The number of aryl methyl sites for hydroxylation is 1. The van der Waals surface area contributed by atoms with Crippen LogP contribution in [0.15, 0.2) is 60.9 Å². The van der Waals surface area contributed by atoms with Crippen LogP contribution in [-0.2, 0) is 11.2 Å². The summed E-state index contributed by atoms with van der Waals surface area (Å²) in [6, 6.07) is 17.2. The molecule has 0 aliphatic rings. The van der Waals surface area contributed by atoms with Gasteiger partial charge in [0.15, 0.2) is 0 Å². The van der Waals surface area contributed by atoms with Crippen molar-refractivity contribution in [2.24, 2.45) is 0 Å². The minimum absolute atomic E-state index is 0.0560. The summed E-state index contributed by atoms with van der Waals surface area (Å²) in [4.78, 5) is 14.7. The molecule has 0 aliphatic carbocycles. The van der Waals surface area contributed by atoms with E-state index in [2.05, 4.69) is 15.5 Å². The molecule has 0 saturated carbocycles. The van der Waals surface area contributed by atoms with Crippen LogP contribution in [0.2, 0.25) is 0 Å². The lowest BCUT2D eigenvalue weighted by Gasteiger charge is -2.23. The molecular formula is C20H23N5O2. The highest BCUT2D eigenvalue weighted by Gasteiger charge is 2.25. The van der Waals surface area contributed by atoms with Gasteiger partial charge in [-0.25, -0.2) is 4.68 Å². The third-order valence-electron chi connectivity index (χ3n) is 4.40. The van der Waals surface area contributed by atoms with Gasteiger partial charge in [0.25, 0.3) is 0 Å². The fraction of sp³-hybridized carbons (Fsp3) is 0.300. The molecule has 3 aromatic rings. The third kappa shape index (κ3) is 4.91. The number of para-hydroxylation sites is 1. The molecule has 7 nitrogen and oxygen atoms in total. The molecule has 1 heterocycles. The average molecular weight is 365 g/mol. The number of amides is 1. The van der Waals surface area contributed by atoms with E-state index in [-0.39, 0.29) is 5.91 Å². The van der Waals surface area contributed by atoms with Gasteiger partial charge in [0, 0.05) is 13.5 Å². The van der Waals surface area contributed by atoms with E-state index in [0.29, 0.717) is 19.6 Å². The number of benzene rings is 2. The Morgan fingerprint density at radius 1 is 1.15 bits per heavy atom. The second-order valence-electron chi connectivity index (χ2n) is 6.37. The highest BCUT2D eigenvalue weighted by atomic mass is 16.5. The molecule has 0 spiro atoms. The van der Waals surface area contributed by atoms with Crippen LogP contribution in [0.25, 0.3) is 0 Å². The Labute approximate surface area is 158 Å². The van der Waals surface area contributed by atoms with Gasteiger partial charge in [-0.05, 0) is 34.5 Å². The molecule has 0 N–H and O–H groups in total. The molecule has 0 aliphatic heterocycles. The van der Waals surface area contributed by atoms with Gasteiger partial charge in [0.1, 0.15) is 24.7 Å². The first-order valence-corrected chi connectivity index (χ1v) is 8.85. The molecule has 1 amide bonds. The van der Waals surface area contributed by atoms with E-state index in [1.165, 1.54) is 11.0 Å². The van der Waals surface area contributed by atoms with Gasteiger partial charge in [0.05, 0.1) is 6.54 Å². The maximum atomic E-state index is 13.0. The Morgan fingerprint density at radius 3 is 2.59 bits per heavy atom. The van der Waals surface area contributed by atoms with Crippen molar-refractivity contribution >= 4 is 5.91 Å². The second-order valence-corrected chi connectivity index (χ2v) is 6.37. The standard InChI is InChI=1S/C20H23N5O2/c1-16-8-6-7-11-19(16)27-13-12-24(2)20(26)18(25-15-21-22-23-25)14-17-9-4-3-5-10-17/h3-11,15,18H,12-14H2,1-2H3/t18-/m1/s1. The Balaban J connectivity index is 1.63. The number of ether oxygens (including phenoxy) is 1. The molecule has 0 bridgehead atoms. The molecule has 3 rings (SSSR count). The van der Waals surface area contributed by atoms with Crippen LogP contribution < -0.4 is 4.74 Å². The zero-order valence-electron chi connectivity index (χ0n) is 15.5. The van der Waals surface area contributed by atoms with E-state index < -0.39 is 6.04 Å². The van der Waals surface area contributed by atoms with Crippen molar-refractivity contribution in [1.82, 2.24) is 25.1 Å². The van der Waals surface area contributed by atoms with Gasteiger partial charge in [-0.1, -0.05) is 48.5 Å². The Bertz CT molecular complexity index is 852. The van der Waals surface area contributed by atoms with Crippen LogP contribution in [0.3, 0.4) is 0 Å². The number of nitrogens with zero attached hydrogens (tertiary/aromatic N) is 5. The van der Waals surface area contributed by atoms with Crippen LogP contribution in [0, 0.1) is 6.92 Å². The third-order valence-corrected chi connectivity index (χ3v) is 4.40. The maximum absolute atomic E-state index is 13.0. The van der Waals surface area contributed by atoms with E-state index >= 15 is 0 Å². The van der Waals surface area contributed by atoms with Crippen LogP contribution >= 0.6 is 0 Å². The van der Waals surface area contributed by atoms with E-state index in [1.807, 2.05) is 61.5 Å². The molecule has 1 atom stereocenters. The summed E-state index contributed by atoms with van der Waals surface area (Å²) in [7, 11) is 1.77. The molecule has 0 saturated heterocycles. The fourth-order valence-electron chi connectivity index (χ4n) is 2.82. The van der Waals surface area contributed by atoms with Gasteiger partial charge in [-0.3, -0.25) is 4.79 Å². The fourth-order valence-corrected chi connectivity index (χ4v) is 2.82. The summed E-state index contributed by atoms with van der Waals surface area (Å²) in [6.07, 6.45) is 2.00. The molecule has 0 fully saturated rings. The summed E-state index contributed by atoms with van der Waals surface area (Å²) in [5.41, 5.74) is 2.12. The van der Waals surface area contributed by atoms with Crippen molar-refractivity contribution in [2.45, 2.75) is 19.4 Å². The van der Waals surface area contributed by atoms with Crippen molar-refractivity contribution in [3.8, 4) is 5.75 Å². The molecule has 1 aromatic heterocycles. The lowest BCUT2D eigenvalue weighted by Crippen LogP contribution is -2.38. The van der Waals surface area contributed by atoms with Gasteiger partial charge >= 0.3 is 0 Å². The molecule has 0 radical (unpaired) electrons. The lowest BCUT2D eigenvalue weighted by molar-refractivity contribution is -0.134. The lowest BCUT2D eigenvalue weighted by atomic mass is 10.1.